The van der Waals surface area contributed by atoms with E-state index in [2.05, 4.69) is 0 Å². The first-order chi connectivity index (χ1) is 7.57. The number of hydrogen-bond donors (Lipinski definition) is 0. The van der Waals surface area contributed by atoms with Crippen LogP contribution < -0.4 is 0 Å². The molecule has 0 amide bonds. The highest BCUT2D eigenvalue weighted by Crippen LogP contribution is 2.33. The van der Waals surface area contributed by atoms with Gasteiger partial charge in [-0.25, -0.2) is 8.42 Å². The molecule has 4 heteroatoms. The first kappa shape index (κ1) is 11.9. The van der Waals surface area contributed by atoms with Crippen molar-refractivity contribution in [3.05, 3.63) is 29.8 Å². The van der Waals surface area contributed by atoms with Crippen molar-refractivity contribution in [2.75, 3.05) is 0 Å². The first-order valence-electron chi connectivity index (χ1n) is 5.62. The molecule has 0 aromatic heterocycles. The van der Waals surface area contributed by atoms with Gasteiger partial charge in [-0.05, 0) is 36.5 Å². The zero-order chi connectivity index (χ0) is 11.6. The Morgan fingerprint density at radius 3 is 2.06 bits per heavy atom. The topological polar surface area (TPSA) is 34.1 Å². The summed E-state index contributed by atoms with van der Waals surface area (Å²) in [5.74, 6) is 0.598. The second kappa shape index (κ2) is 4.76. The highest BCUT2D eigenvalue weighted by Gasteiger charge is 2.16. The minimum absolute atomic E-state index is 0.189. The lowest BCUT2D eigenvalue weighted by molar-refractivity contribution is 0.443. The highest BCUT2D eigenvalue weighted by atomic mass is 35.7. The summed E-state index contributed by atoms with van der Waals surface area (Å²) in [5, 5.41) is 0. The van der Waals surface area contributed by atoms with Crippen molar-refractivity contribution in [2.45, 2.75) is 42.9 Å². The Morgan fingerprint density at radius 1 is 1.00 bits per heavy atom. The standard InChI is InChI=1S/C12H15ClO2S/c13-16(14,15)12-8-6-11(7-9-12)10-4-2-1-3-5-10/h6-10H,1-5H2. The summed E-state index contributed by atoms with van der Waals surface area (Å²) < 4.78 is 22.2. The molecule has 0 aliphatic heterocycles. The molecule has 1 aromatic rings. The molecule has 0 saturated heterocycles. The number of benzene rings is 1. The largest absolute Gasteiger partial charge is 0.261 e. The zero-order valence-corrected chi connectivity index (χ0v) is 10.6. The zero-order valence-electron chi connectivity index (χ0n) is 9.02. The van der Waals surface area contributed by atoms with Gasteiger partial charge in [-0.2, -0.15) is 0 Å². The summed E-state index contributed by atoms with van der Waals surface area (Å²) >= 11 is 0. The van der Waals surface area contributed by atoms with Gasteiger partial charge in [-0.15, -0.1) is 0 Å². The summed E-state index contributed by atoms with van der Waals surface area (Å²) in [6, 6.07) is 7.00. The van der Waals surface area contributed by atoms with Gasteiger partial charge in [0.15, 0.2) is 0 Å². The lowest BCUT2D eigenvalue weighted by Crippen LogP contribution is -2.04. The van der Waals surface area contributed by atoms with Crippen LogP contribution >= 0.6 is 10.7 Å². The summed E-state index contributed by atoms with van der Waals surface area (Å²) in [6.07, 6.45) is 6.31. The Labute approximate surface area is 101 Å². The maximum atomic E-state index is 11.1. The third-order valence-electron chi connectivity index (χ3n) is 3.24. The van der Waals surface area contributed by atoms with Crippen LogP contribution in [0.5, 0.6) is 0 Å². The van der Waals surface area contributed by atoms with Crippen LogP contribution in [0.3, 0.4) is 0 Å². The van der Waals surface area contributed by atoms with Gasteiger partial charge in [0.25, 0.3) is 9.05 Å². The van der Waals surface area contributed by atoms with Crippen LogP contribution in [0.2, 0.25) is 0 Å². The average molecular weight is 259 g/mol. The summed E-state index contributed by atoms with van der Waals surface area (Å²) in [7, 11) is 1.69. The van der Waals surface area contributed by atoms with E-state index in [-0.39, 0.29) is 4.90 Å². The molecule has 0 N–H and O–H groups in total. The molecule has 16 heavy (non-hydrogen) atoms. The van der Waals surface area contributed by atoms with Crippen LogP contribution in [-0.2, 0) is 9.05 Å². The van der Waals surface area contributed by atoms with Crippen molar-refractivity contribution >= 4 is 19.7 Å². The molecule has 2 nitrogen and oxygen atoms in total. The van der Waals surface area contributed by atoms with E-state index in [1.807, 2.05) is 12.1 Å². The minimum atomic E-state index is -3.58. The Balaban J connectivity index is 2.18. The molecule has 0 spiro atoms. The van der Waals surface area contributed by atoms with Gasteiger partial charge in [0.1, 0.15) is 0 Å². The van der Waals surface area contributed by atoms with Gasteiger partial charge in [-0.3, -0.25) is 0 Å². The predicted octanol–water partition coefficient (Wildman–Crippen LogP) is 3.66. The van der Waals surface area contributed by atoms with Crippen LogP contribution in [0.25, 0.3) is 0 Å². The molecule has 0 atom stereocenters. The molecule has 2 rings (SSSR count). The number of halogens is 1. The third-order valence-corrected chi connectivity index (χ3v) is 4.61. The molecule has 0 heterocycles. The molecule has 1 aromatic carbocycles. The fraction of sp³-hybridized carbons (Fsp3) is 0.500. The van der Waals surface area contributed by atoms with E-state index >= 15 is 0 Å². The first-order valence-corrected chi connectivity index (χ1v) is 7.93. The van der Waals surface area contributed by atoms with E-state index in [1.54, 1.807) is 12.1 Å². The van der Waals surface area contributed by atoms with Crippen LogP contribution in [0, 0.1) is 0 Å². The lowest BCUT2D eigenvalue weighted by Gasteiger charge is -2.21. The van der Waals surface area contributed by atoms with Crippen molar-refractivity contribution < 1.29 is 8.42 Å². The normalized spacial score (nSPS) is 18.6. The molecule has 0 bridgehead atoms. The van der Waals surface area contributed by atoms with Gasteiger partial charge in [0, 0.05) is 10.7 Å². The van der Waals surface area contributed by atoms with Crippen molar-refractivity contribution in [2.24, 2.45) is 0 Å². The van der Waals surface area contributed by atoms with E-state index in [9.17, 15) is 8.42 Å². The second-order valence-electron chi connectivity index (χ2n) is 4.34. The van der Waals surface area contributed by atoms with Gasteiger partial charge < -0.3 is 0 Å². The maximum absolute atomic E-state index is 11.1. The predicted molar refractivity (Wildman–Crippen MR) is 65.3 cm³/mol. The molecule has 1 aliphatic rings. The highest BCUT2D eigenvalue weighted by molar-refractivity contribution is 8.13. The van der Waals surface area contributed by atoms with Crippen molar-refractivity contribution in [3.63, 3.8) is 0 Å². The van der Waals surface area contributed by atoms with Crippen LogP contribution in [-0.4, -0.2) is 8.42 Å². The molecular weight excluding hydrogens is 244 g/mol. The van der Waals surface area contributed by atoms with Gasteiger partial charge in [-0.1, -0.05) is 31.4 Å². The second-order valence-corrected chi connectivity index (χ2v) is 6.91. The van der Waals surface area contributed by atoms with Crippen LogP contribution in [0.4, 0.5) is 0 Å². The maximum Gasteiger partial charge on any atom is 0.261 e. The Kier molecular flexibility index (Phi) is 3.55. The van der Waals surface area contributed by atoms with Crippen molar-refractivity contribution in [3.8, 4) is 0 Å². The SMILES string of the molecule is O=S(=O)(Cl)c1ccc(C2CCCCC2)cc1. The smallest absolute Gasteiger partial charge is 0.207 e. The van der Waals surface area contributed by atoms with Crippen molar-refractivity contribution in [1.29, 1.82) is 0 Å². The van der Waals surface area contributed by atoms with Gasteiger partial charge in [0.05, 0.1) is 4.90 Å². The summed E-state index contributed by atoms with van der Waals surface area (Å²) in [5.41, 5.74) is 1.24. The Hall–Kier alpha value is -0.540. The molecule has 1 fully saturated rings. The quantitative estimate of drug-likeness (QED) is 0.759. The Bertz CT molecular complexity index is 444. The lowest BCUT2D eigenvalue weighted by atomic mass is 9.84. The fourth-order valence-electron chi connectivity index (χ4n) is 2.34. The number of rotatable bonds is 2. The van der Waals surface area contributed by atoms with E-state index in [1.165, 1.54) is 37.7 Å². The van der Waals surface area contributed by atoms with E-state index in [4.69, 9.17) is 10.7 Å². The van der Waals surface area contributed by atoms with E-state index in [0.717, 1.165) is 0 Å². The monoisotopic (exact) mass is 258 g/mol. The van der Waals surface area contributed by atoms with Gasteiger partial charge in [0.2, 0.25) is 0 Å². The molecule has 0 unspecified atom stereocenters. The van der Waals surface area contributed by atoms with Gasteiger partial charge >= 0.3 is 0 Å². The molecule has 1 saturated carbocycles. The molecule has 0 radical (unpaired) electrons. The summed E-state index contributed by atoms with van der Waals surface area (Å²) in [4.78, 5) is 0.189. The Morgan fingerprint density at radius 2 is 1.56 bits per heavy atom. The van der Waals surface area contributed by atoms with Crippen LogP contribution in [0.1, 0.15) is 43.6 Å². The molecule has 1 aliphatic carbocycles. The summed E-state index contributed by atoms with van der Waals surface area (Å²) in [6.45, 7) is 0. The van der Waals surface area contributed by atoms with Crippen LogP contribution in [0.15, 0.2) is 29.2 Å². The average Bonchev–Trinajstić information content (AvgIpc) is 2.29. The molecular formula is C12H15ClO2S. The van der Waals surface area contributed by atoms with E-state index in [0.29, 0.717) is 5.92 Å². The molecule has 88 valence electrons. The minimum Gasteiger partial charge on any atom is -0.207 e. The fourth-order valence-corrected chi connectivity index (χ4v) is 3.11. The van der Waals surface area contributed by atoms with E-state index < -0.39 is 9.05 Å². The van der Waals surface area contributed by atoms with Crippen molar-refractivity contribution in [1.82, 2.24) is 0 Å². The number of hydrogen-bond acceptors (Lipinski definition) is 2. The third kappa shape index (κ3) is 2.77.